The number of fused-ring (bicyclic) bond motifs is 2. The zero-order valence-electron chi connectivity index (χ0n) is 16.7. The van der Waals surface area contributed by atoms with Crippen molar-refractivity contribution >= 4 is 45.9 Å². The molecule has 1 atom stereocenters. The summed E-state index contributed by atoms with van der Waals surface area (Å²) in [6.07, 6.45) is -0.968. The zero-order valence-corrected chi connectivity index (χ0v) is 18.3. The highest BCUT2D eigenvalue weighted by molar-refractivity contribution is 8.13. The summed E-state index contributed by atoms with van der Waals surface area (Å²) in [5.74, 6) is -0.0335. The van der Waals surface area contributed by atoms with E-state index in [0.29, 0.717) is 37.8 Å². The summed E-state index contributed by atoms with van der Waals surface area (Å²) in [7, 11) is 0. The molecule has 0 unspecified atom stereocenters. The van der Waals surface area contributed by atoms with Crippen LogP contribution in [-0.4, -0.2) is 28.0 Å². The molecule has 2 aliphatic rings. The number of benzene rings is 3. The molecule has 1 N–H and O–H groups in total. The van der Waals surface area contributed by atoms with Gasteiger partial charge in [0.05, 0.1) is 5.36 Å². The van der Waals surface area contributed by atoms with Crippen LogP contribution in [0.5, 0.6) is 0 Å². The van der Waals surface area contributed by atoms with E-state index in [0.717, 1.165) is 5.56 Å². The number of nitrogens with one attached hydrogen (secondary N) is 1. The molecule has 32 heavy (non-hydrogen) atoms. The largest absolute Gasteiger partial charge is 0.298 e. The van der Waals surface area contributed by atoms with Gasteiger partial charge in [-0.15, -0.1) is 5.10 Å². The van der Waals surface area contributed by atoms with E-state index in [1.807, 2.05) is 42.5 Å². The average Bonchev–Trinajstić information content (AvgIpc) is 2.83. The highest BCUT2D eigenvalue weighted by Gasteiger charge is 2.37. The van der Waals surface area contributed by atoms with Crippen molar-refractivity contribution in [3.05, 3.63) is 106 Å². The van der Waals surface area contributed by atoms with Crippen LogP contribution in [0.1, 0.15) is 15.9 Å². The van der Waals surface area contributed by atoms with Crippen LogP contribution < -0.4 is 15.9 Å². The number of Topliss-reactive ketones (excluding diaryl/α,β-unsaturated/α-hetero) is 1. The number of amides is 1. The van der Waals surface area contributed by atoms with Gasteiger partial charge in [-0.1, -0.05) is 90.1 Å². The summed E-state index contributed by atoms with van der Waals surface area (Å²) in [6.45, 7) is 0. The van der Waals surface area contributed by atoms with E-state index >= 15 is 0 Å². The first-order valence-corrected chi connectivity index (χ1v) is 11.3. The molecule has 0 bridgehead atoms. The van der Waals surface area contributed by atoms with Crippen LogP contribution in [0.3, 0.4) is 0 Å². The summed E-state index contributed by atoms with van der Waals surface area (Å²) in [6, 6.07) is 23.7. The Labute approximate surface area is 193 Å². The first-order chi connectivity index (χ1) is 15.6. The fourth-order valence-electron chi connectivity index (χ4n) is 3.58. The molecule has 5 rings (SSSR count). The zero-order chi connectivity index (χ0) is 22.1. The number of rotatable bonds is 4. The summed E-state index contributed by atoms with van der Waals surface area (Å²) < 4.78 is 0. The standard InChI is InChI=1S/C24H17ClN4O2S/c25-18-12-6-4-10-16(18)14-32-24-27-23(31)20-17-11-5-7-13-19(17)26-22(29(20)28-24)21(30)15-8-2-1-3-9-15/h1-13,22H,14H2,(H,27,28,31)/t22-/m0/s1. The maximum atomic E-state index is 13.3. The third kappa shape index (κ3) is 3.81. The summed E-state index contributed by atoms with van der Waals surface area (Å²) in [4.78, 5) is 31.1. The predicted molar refractivity (Wildman–Crippen MR) is 125 cm³/mol. The molecule has 3 aromatic carbocycles. The lowest BCUT2D eigenvalue weighted by Crippen LogP contribution is -2.54. The predicted octanol–water partition coefficient (Wildman–Crippen LogP) is 2.93. The number of para-hydroxylation sites is 1. The Morgan fingerprint density at radius 2 is 1.72 bits per heavy atom. The van der Waals surface area contributed by atoms with Gasteiger partial charge >= 0.3 is 0 Å². The summed E-state index contributed by atoms with van der Waals surface area (Å²) in [5.41, 5.74) is 1.75. The minimum atomic E-state index is -0.968. The van der Waals surface area contributed by atoms with Crippen LogP contribution in [-0.2, 0) is 10.5 Å². The van der Waals surface area contributed by atoms with Crippen LogP contribution in [0.2, 0.25) is 5.02 Å². The smallest absolute Gasteiger partial charge is 0.276 e. The Morgan fingerprint density at radius 1 is 1.00 bits per heavy atom. The van der Waals surface area contributed by atoms with E-state index in [9.17, 15) is 9.59 Å². The van der Waals surface area contributed by atoms with E-state index in [4.69, 9.17) is 11.6 Å². The topological polar surface area (TPSA) is 74.1 Å². The highest BCUT2D eigenvalue weighted by atomic mass is 35.5. The van der Waals surface area contributed by atoms with E-state index in [1.165, 1.54) is 16.8 Å². The van der Waals surface area contributed by atoms with Gasteiger partial charge in [-0.05, 0) is 17.7 Å². The number of hydrogen-bond acceptors (Lipinski definition) is 6. The molecule has 0 fully saturated rings. The van der Waals surface area contributed by atoms with Gasteiger partial charge in [0.15, 0.2) is 5.17 Å². The number of hydrogen-bond donors (Lipinski definition) is 1. The van der Waals surface area contributed by atoms with Crippen molar-refractivity contribution in [1.82, 2.24) is 10.3 Å². The second-order valence-corrected chi connectivity index (χ2v) is 8.55. The van der Waals surface area contributed by atoms with Gasteiger partial charge < -0.3 is 0 Å². The van der Waals surface area contributed by atoms with E-state index < -0.39 is 6.17 Å². The van der Waals surface area contributed by atoms with Crippen LogP contribution in [0, 0.1) is 0 Å². The van der Waals surface area contributed by atoms with Crippen molar-refractivity contribution in [2.24, 2.45) is 10.1 Å². The average molecular weight is 461 g/mol. The Bertz CT molecular complexity index is 1370. The Balaban J connectivity index is 1.55. The van der Waals surface area contributed by atoms with Gasteiger partial charge in [0.2, 0.25) is 11.9 Å². The van der Waals surface area contributed by atoms with Gasteiger partial charge in [0.1, 0.15) is 5.70 Å². The van der Waals surface area contributed by atoms with Gasteiger partial charge in [-0.2, -0.15) is 0 Å². The van der Waals surface area contributed by atoms with Crippen LogP contribution in [0.4, 0.5) is 0 Å². The second-order valence-electron chi connectivity index (χ2n) is 7.18. The lowest BCUT2D eigenvalue weighted by atomic mass is 10.1. The third-order valence-corrected chi connectivity index (χ3v) is 6.41. The number of ketones is 1. The molecule has 2 aliphatic heterocycles. The minimum absolute atomic E-state index is 0.230. The molecule has 0 spiro atoms. The lowest BCUT2D eigenvalue weighted by Gasteiger charge is -2.33. The molecule has 1 amide bonds. The molecule has 3 aromatic rings. The van der Waals surface area contributed by atoms with E-state index in [1.54, 1.807) is 36.4 Å². The van der Waals surface area contributed by atoms with Crippen molar-refractivity contribution in [3.63, 3.8) is 0 Å². The van der Waals surface area contributed by atoms with Crippen molar-refractivity contribution in [1.29, 1.82) is 0 Å². The normalized spacial score (nSPS) is 17.0. The van der Waals surface area contributed by atoms with Crippen LogP contribution >= 0.6 is 23.4 Å². The highest BCUT2D eigenvalue weighted by Crippen LogP contribution is 2.26. The molecule has 0 saturated heterocycles. The van der Waals surface area contributed by atoms with Gasteiger partial charge in [0.25, 0.3) is 5.91 Å². The number of carbonyl (C=O) groups excluding carboxylic acids is 2. The van der Waals surface area contributed by atoms with Crippen LogP contribution in [0.25, 0.3) is 5.70 Å². The third-order valence-electron chi connectivity index (χ3n) is 5.13. The molecule has 0 aromatic heterocycles. The quantitative estimate of drug-likeness (QED) is 0.607. The van der Waals surface area contributed by atoms with Gasteiger partial charge in [-0.25, -0.2) is 10.0 Å². The molecule has 6 nitrogen and oxygen atoms in total. The number of nitrogens with zero attached hydrogens (tertiary/aromatic N) is 3. The maximum absolute atomic E-state index is 13.3. The fourth-order valence-corrected chi connectivity index (χ4v) is 4.71. The molecular formula is C24H17ClN4O2S. The molecule has 0 aliphatic carbocycles. The number of hydrazone groups is 1. The Kier molecular flexibility index (Phi) is 5.51. The summed E-state index contributed by atoms with van der Waals surface area (Å²) in [5, 5.41) is 11.2. The Hall–Kier alpha value is -3.42. The van der Waals surface area contributed by atoms with Crippen molar-refractivity contribution in [2.45, 2.75) is 11.9 Å². The van der Waals surface area contributed by atoms with Crippen molar-refractivity contribution in [2.75, 3.05) is 0 Å². The molecule has 2 heterocycles. The van der Waals surface area contributed by atoms with Crippen molar-refractivity contribution < 1.29 is 9.59 Å². The van der Waals surface area contributed by atoms with E-state index in [-0.39, 0.29) is 11.7 Å². The van der Waals surface area contributed by atoms with E-state index in [2.05, 4.69) is 15.4 Å². The minimum Gasteiger partial charge on any atom is -0.298 e. The number of thioether (sulfide) groups is 1. The first-order valence-electron chi connectivity index (χ1n) is 9.93. The molecule has 0 saturated carbocycles. The summed E-state index contributed by atoms with van der Waals surface area (Å²) >= 11 is 7.60. The molecule has 158 valence electrons. The number of halogens is 1. The molecule has 8 heteroatoms. The maximum Gasteiger partial charge on any atom is 0.276 e. The molecule has 0 radical (unpaired) electrons. The number of carbonyl (C=O) groups is 2. The number of amidine groups is 1. The fraction of sp³-hybridized carbons (Fsp3) is 0.0833. The van der Waals surface area contributed by atoms with Gasteiger partial charge in [-0.3, -0.25) is 14.9 Å². The Morgan fingerprint density at radius 3 is 2.53 bits per heavy atom. The molecular weight excluding hydrogens is 444 g/mol. The monoisotopic (exact) mass is 460 g/mol. The van der Waals surface area contributed by atoms with Crippen molar-refractivity contribution in [3.8, 4) is 0 Å². The lowest BCUT2D eigenvalue weighted by molar-refractivity contribution is -0.115. The van der Waals surface area contributed by atoms with Crippen LogP contribution in [0.15, 0.2) is 89.0 Å². The SMILES string of the molecule is O=C1NC(SCc2ccccc2Cl)=NN2C1=c1ccccc1=N[C@@H]2C(=O)c1ccccc1. The second kappa shape index (κ2) is 8.61. The van der Waals surface area contributed by atoms with Gasteiger partial charge in [0, 0.05) is 21.6 Å². The first kappa shape index (κ1) is 20.5.